The van der Waals surface area contributed by atoms with E-state index in [1.165, 1.54) is 25.9 Å². The van der Waals surface area contributed by atoms with Crippen LogP contribution in [0.2, 0.25) is 0 Å². The molecule has 3 rings (SSSR count). The molecule has 0 N–H and O–H groups in total. The lowest BCUT2D eigenvalue weighted by Crippen LogP contribution is -2.54. The van der Waals surface area contributed by atoms with E-state index in [1.807, 2.05) is 0 Å². The van der Waals surface area contributed by atoms with Crippen molar-refractivity contribution >= 4 is 5.91 Å². The van der Waals surface area contributed by atoms with Crippen molar-refractivity contribution < 1.29 is 4.79 Å². The molecule has 3 aliphatic rings. The average molecular weight is 264 g/mol. The van der Waals surface area contributed by atoms with Crippen LogP contribution in [0.25, 0.3) is 0 Å². The van der Waals surface area contributed by atoms with E-state index in [0.29, 0.717) is 23.8 Å². The minimum absolute atomic E-state index is 0.372. The van der Waals surface area contributed by atoms with Crippen LogP contribution in [-0.4, -0.2) is 47.9 Å². The second-order valence-corrected chi connectivity index (χ2v) is 7.29. The molecule has 0 aromatic carbocycles. The first-order chi connectivity index (χ1) is 9.06. The Labute approximate surface area is 117 Å². The first-order valence-corrected chi connectivity index (χ1v) is 8.09. The lowest BCUT2D eigenvalue weighted by atomic mass is 9.79. The monoisotopic (exact) mass is 264 g/mol. The van der Waals surface area contributed by atoms with Gasteiger partial charge in [-0.2, -0.15) is 0 Å². The molecule has 2 atom stereocenters. The largest absolute Gasteiger partial charge is 0.342 e. The van der Waals surface area contributed by atoms with Crippen LogP contribution >= 0.6 is 0 Å². The number of nitrogens with zero attached hydrogens (tertiary/aromatic N) is 2. The molecule has 108 valence electrons. The van der Waals surface area contributed by atoms with Gasteiger partial charge >= 0.3 is 0 Å². The number of likely N-dealkylation sites (tertiary alicyclic amines) is 2. The first kappa shape index (κ1) is 13.4. The Balaban J connectivity index is 1.42. The van der Waals surface area contributed by atoms with Crippen LogP contribution in [0.4, 0.5) is 0 Å². The van der Waals surface area contributed by atoms with E-state index in [4.69, 9.17) is 0 Å². The summed E-state index contributed by atoms with van der Waals surface area (Å²) in [5.41, 5.74) is 0. The number of piperidine rings is 1. The Morgan fingerprint density at radius 2 is 1.68 bits per heavy atom. The average Bonchev–Trinajstić information content (AvgIpc) is 3.04. The maximum atomic E-state index is 12.2. The van der Waals surface area contributed by atoms with Gasteiger partial charge in [-0.25, -0.2) is 0 Å². The van der Waals surface area contributed by atoms with Crippen LogP contribution in [-0.2, 0) is 4.79 Å². The molecule has 3 heteroatoms. The normalized spacial score (nSPS) is 33.6. The summed E-state index contributed by atoms with van der Waals surface area (Å²) < 4.78 is 0. The van der Waals surface area contributed by atoms with Crippen LogP contribution < -0.4 is 0 Å². The Bertz CT molecular complexity index is 341. The van der Waals surface area contributed by atoms with Crippen LogP contribution in [0.1, 0.15) is 40.0 Å². The Kier molecular flexibility index (Phi) is 3.59. The van der Waals surface area contributed by atoms with Gasteiger partial charge in [0.05, 0.1) is 0 Å². The molecule has 1 saturated carbocycles. The fourth-order valence-corrected chi connectivity index (χ4v) is 3.76. The number of hydrogen-bond donors (Lipinski definition) is 0. The molecule has 3 fully saturated rings. The Morgan fingerprint density at radius 1 is 1.11 bits per heavy atom. The van der Waals surface area contributed by atoms with E-state index in [0.717, 1.165) is 31.3 Å². The summed E-state index contributed by atoms with van der Waals surface area (Å²) in [6, 6.07) is 0.703. The van der Waals surface area contributed by atoms with Gasteiger partial charge in [-0.15, -0.1) is 0 Å². The zero-order valence-electron chi connectivity index (χ0n) is 12.6. The number of hydrogen-bond acceptors (Lipinski definition) is 2. The van der Waals surface area contributed by atoms with Gasteiger partial charge in [-0.05, 0) is 50.9 Å². The third kappa shape index (κ3) is 2.67. The van der Waals surface area contributed by atoms with E-state index in [9.17, 15) is 4.79 Å². The predicted molar refractivity (Wildman–Crippen MR) is 76.8 cm³/mol. The molecule has 2 aliphatic heterocycles. The van der Waals surface area contributed by atoms with Crippen molar-refractivity contribution in [3.8, 4) is 0 Å². The second kappa shape index (κ2) is 5.08. The van der Waals surface area contributed by atoms with Gasteiger partial charge in [0.15, 0.2) is 0 Å². The molecule has 0 aromatic heterocycles. The fourth-order valence-electron chi connectivity index (χ4n) is 3.76. The van der Waals surface area contributed by atoms with Crippen molar-refractivity contribution in [2.75, 3.05) is 26.2 Å². The van der Waals surface area contributed by atoms with E-state index in [2.05, 4.69) is 30.6 Å². The predicted octanol–water partition coefficient (Wildman–Crippen LogP) is 2.22. The molecular formula is C16H28N2O. The summed E-state index contributed by atoms with van der Waals surface area (Å²) in [4.78, 5) is 16.9. The molecule has 2 heterocycles. The quantitative estimate of drug-likeness (QED) is 0.780. The van der Waals surface area contributed by atoms with Crippen molar-refractivity contribution in [2.45, 2.75) is 46.1 Å². The van der Waals surface area contributed by atoms with Crippen molar-refractivity contribution in [1.82, 2.24) is 9.80 Å². The Morgan fingerprint density at radius 3 is 2.16 bits per heavy atom. The molecule has 0 aromatic rings. The van der Waals surface area contributed by atoms with Gasteiger partial charge in [-0.1, -0.05) is 6.92 Å². The number of rotatable bonds is 3. The maximum Gasteiger partial charge on any atom is 0.225 e. The first-order valence-electron chi connectivity index (χ1n) is 8.09. The number of carbonyl (C=O) groups is 1. The van der Waals surface area contributed by atoms with Gasteiger partial charge in [0, 0.05) is 38.1 Å². The third-order valence-corrected chi connectivity index (χ3v) is 5.61. The highest BCUT2D eigenvalue weighted by atomic mass is 16.2. The molecule has 2 unspecified atom stereocenters. The van der Waals surface area contributed by atoms with Crippen LogP contribution in [0, 0.1) is 23.7 Å². The molecule has 19 heavy (non-hydrogen) atoms. The van der Waals surface area contributed by atoms with Gasteiger partial charge in [0.1, 0.15) is 0 Å². The van der Waals surface area contributed by atoms with E-state index < -0.39 is 0 Å². The van der Waals surface area contributed by atoms with Crippen molar-refractivity contribution in [3.63, 3.8) is 0 Å². The lowest BCUT2D eigenvalue weighted by molar-refractivity contribution is -0.135. The van der Waals surface area contributed by atoms with Crippen LogP contribution in [0.5, 0.6) is 0 Å². The van der Waals surface area contributed by atoms with Crippen LogP contribution in [0.15, 0.2) is 0 Å². The highest BCUT2D eigenvalue weighted by Crippen LogP contribution is 2.40. The number of amides is 1. The highest BCUT2D eigenvalue weighted by molar-refractivity contribution is 5.81. The molecule has 0 bridgehead atoms. The van der Waals surface area contributed by atoms with Gasteiger partial charge < -0.3 is 9.80 Å². The summed E-state index contributed by atoms with van der Waals surface area (Å²) in [6.07, 6.45) is 3.61. The summed E-state index contributed by atoms with van der Waals surface area (Å²) in [5.74, 6) is 3.24. The summed E-state index contributed by atoms with van der Waals surface area (Å²) in [7, 11) is 0. The topological polar surface area (TPSA) is 23.6 Å². The Hall–Kier alpha value is -0.570. The maximum absolute atomic E-state index is 12.2. The third-order valence-electron chi connectivity index (χ3n) is 5.61. The summed E-state index contributed by atoms with van der Waals surface area (Å²) in [5, 5.41) is 0. The fraction of sp³-hybridized carbons (Fsp3) is 0.938. The van der Waals surface area contributed by atoms with E-state index >= 15 is 0 Å². The van der Waals surface area contributed by atoms with Crippen molar-refractivity contribution in [2.24, 2.45) is 23.7 Å². The SMILES string of the molecule is CC1CC1C(=O)N1CCC(C2CN(C(C)C)C2)CC1. The molecule has 1 amide bonds. The van der Waals surface area contributed by atoms with Crippen LogP contribution in [0.3, 0.4) is 0 Å². The smallest absolute Gasteiger partial charge is 0.225 e. The molecule has 1 aliphatic carbocycles. The minimum atomic E-state index is 0.372. The van der Waals surface area contributed by atoms with Crippen molar-refractivity contribution in [3.05, 3.63) is 0 Å². The van der Waals surface area contributed by atoms with Gasteiger partial charge in [0.2, 0.25) is 5.91 Å². The summed E-state index contributed by atoms with van der Waals surface area (Å²) in [6.45, 7) is 11.4. The summed E-state index contributed by atoms with van der Waals surface area (Å²) >= 11 is 0. The van der Waals surface area contributed by atoms with E-state index in [-0.39, 0.29) is 0 Å². The molecule has 0 radical (unpaired) electrons. The molecule has 2 saturated heterocycles. The standard InChI is InChI=1S/C16H28N2O/c1-11(2)18-9-14(10-18)13-4-6-17(7-5-13)16(19)15-8-12(15)3/h11-15H,4-10H2,1-3H3. The molecule has 3 nitrogen and oxygen atoms in total. The highest BCUT2D eigenvalue weighted by Gasteiger charge is 2.43. The zero-order chi connectivity index (χ0) is 13.6. The zero-order valence-corrected chi connectivity index (χ0v) is 12.6. The van der Waals surface area contributed by atoms with Gasteiger partial charge in [0.25, 0.3) is 0 Å². The molecule has 0 spiro atoms. The lowest BCUT2D eigenvalue weighted by Gasteiger charge is -2.48. The van der Waals surface area contributed by atoms with Gasteiger partial charge in [-0.3, -0.25) is 4.79 Å². The second-order valence-electron chi connectivity index (χ2n) is 7.29. The molecular weight excluding hydrogens is 236 g/mol. The van der Waals surface area contributed by atoms with E-state index in [1.54, 1.807) is 0 Å². The van der Waals surface area contributed by atoms with Crippen molar-refractivity contribution in [1.29, 1.82) is 0 Å². The number of carbonyl (C=O) groups excluding carboxylic acids is 1. The minimum Gasteiger partial charge on any atom is -0.342 e.